The van der Waals surface area contributed by atoms with E-state index in [4.69, 9.17) is 21.3 Å². The van der Waals surface area contributed by atoms with Crippen molar-refractivity contribution in [3.63, 3.8) is 0 Å². The number of aromatic nitrogens is 3. The number of aliphatic hydroxyl groups is 1. The molecule has 0 spiro atoms. The average Bonchev–Trinajstić information content (AvgIpc) is 3.13. The lowest BCUT2D eigenvalue weighted by atomic mass is 9.91. The molecule has 3 heterocycles. The van der Waals surface area contributed by atoms with Crippen LogP contribution in [0, 0.1) is 0 Å². The smallest absolute Gasteiger partial charge is 0.414 e. The zero-order chi connectivity index (χ0) is 27.9. The molecule has 0 bridgehead atoms. The summed E-state index contributed by atoms with van der Waals surface area (Å²) in [6.07, 6.45) is 6.93. The number of carbonyl (C=O) groups is 1. The number of carbonyl (C=O) groups excluding carboxylic acids is 1. The molecule has 39 heavy (non-hydrogen) atoms. The summed E-state index contributed by atoms with van der Waals surface area (Å²) in [4.78, 5) is 25.4. The van der Waals surface area contributed by atoms with Crippen molar-refractivity contribution in [2.45, 2.75) is 57.9 Å². The summed E-state index contributed by atoms with van der Waals surface area (Å²) in [6.45, 7) is 9.91. The van der Waals surface area contributed by atoms with E-state index in [1.165, 1.54) is 0 Å². The number of benzene rings is 1. The molecule has 2 N–H and O–H groups in total. The van der Waals surface area contributed by atoms with Crippen LogP contribution in [0.3, 0.4) is 0 Å². The summed E-state index contributed by atoms with van der Waals surface area (Å²) < 4.78 is 7.58. The van der Waals surface area contributed by atoms with Crippen LogP contribution in [-0.2, 0) is 11.8 Å². The van der Waals surface area contributed by atoms with E-state index >= 15 is 0 Å². The van der Waals surface area contributed by atoms with Gasteiger partial charge in [-0.3, -0.25) is 9.88 Å². The van der Waals surface area contributed by atoms with Crippen LogP contribution in [-0.4, -0.2) is 61.9 Å². The molecule has 0 radical (unpaired) electrons. The van der Waals surface area contributed by atoms with Gasteiger partial charge in [0.15, 0.2) is 0 Å². The van der Waals surface area contributed by atoms with E-state index in [1.807, 2.05) is 75.0 Å². The zero-order valence-electron chi connectivity index (χ0n) is 23.2. The normalized spacial score (nSPS) is 22.6. The Balaban J connectivity index is 1.57. The Morgan fingerprint density at radius 2 is 2.05 bits per heavy atom. The molecule has 206 valence electrons. The van der Waals surface area contributed by atoms with Crippen molar-refractivity contribution in [1.29, 1.82) is 0 Å². The maximum absolute atomic E-state index is 13.1. The molecule has 4 atom stereocenters. The molecule has 9 heteroatoms. The van der Waals surface area contributed by atoms with Gasteiger partial charge < -0.3 is 14.4 Å². The van der Waals surface area contributed by atoms with Crippen LogP contribution in [0.5, 0.6) is 0 Å². The maximum atomic E-state index is 13.1. The molecule has 1 aromatic carbocycles. The highest BCUT2D eigenvalue weighted by atomic mass is 35.5. The summed E-state index contributed by atoms with van der Waals surface area (Å²) >= 11 is 6.54. The van der Waals surface area contributed by atoms with Crippen LogP contribution < -0.4 is 4.90 Å². The molecule has 3 unspecified atom stereocenters. The lowest BCUT2D eigenvalue weighted by Crippen LogP contribution is -3.18. The van der Waals surface area contributed by atoms with Gasteiger partial charge >= 0.3 is 6.09 Å². The molecular formula is C30H37ClN5O3+. The minimum atomic E-state index is -0.905. The predicted molar refractivity (Wildman–Crippen MR) is 151 cm³/mol. The van der Waals surface area contributed by atoms with Crippen LogP contribution in [0.4, 0.5) is 4.79 Å². The number of alkyl carbamates (subject to hydrolysis) is 2. The predicted octanol–water partition coefficient (Wildman–Crippen LogP) is 4.06. The number of nitrogens with zero attached hydrogens (tertiary/aromatic N) is 4. The number of quaternary nitrogens is 1. The molecule has 2 aliphatic rings. The number of pyridine rings is 1. The van der Waals surface area contributed by atoms with Crippen molar-refractivity contribution in [1.82, 2.24) is 19.4 Å². The van der Waals surface area contributed by atoms with Gasteiger partial charge in [0.05, 0.1) is 36.0 Å². The summed E-state index contributed by atoms with van der Waals surface area (Å²) in [6, 6.07) is 9.77. The largest absolute Gasteiger partial charge is 0.515 e. The minimum absolute atomic E-state index is 0.115. The Morgan fingerprint density at radius 3 is 2.77 bits per heavy atom. The van der Waals surface area contributed by atoms with Crippen molar-refractivity contribution in [3.8, 4) is 0 Å². The lowest BCUT2D eigenvalue weighted by Gasteiger charge is -2.31. The van der Waals surface area contributed by atoms with E-state index in [0.29, 0.717) is 23.8 Å². The van der Waals surface area contributed by atoms with Gasteiger partial charge in [0.25, 0.3) is 0 Å². The zero-order valence-corrected chi connectivity index (χ0v) is 23.9. The second-order valence-electron chi connectivity index (χ2n) is 11.5. The molecule has 8 nitrogen and oxygen atoms in total. The summed E-state index contributed by atoms with van der Waals surface area (Å²) in [5.74, 6) is 0. The molecule has 1 amide bonds. The number of amides is 1. The first-order chi connectivity index (χ1) is 18.5. The highest BCUT2D eigenvalue weighted by Crippen LogP contribution is 2.44. The Morgan fingerprint density at radius 1 is 1.26 bits per heavy atom. The first-order valence-electron chi connectivity index (χ1n) is 13.5. The van der Waals surface area contributed by atoms with Gasteiger partial charge in [-0.25, -0.2) is 9.88 Å². The molecule has 0 saturated carbocycles. The number of halogens is 1. The van der Waals surface area contributed by atoms with Crippen molar-refractivity contribution >= 4 is 29.3 Å². The van der Waals surface area contributed by atoms with E-state index in [1.54, 1.807) is 12.5 Å². The van der Waals surface area contributed by atoms with Crippen molar-refractivity contribution < 1.29 is 19.5 Å². The van der Waals surface area contributed by atoms with E-state index < -0.39 is 11.7 Å². The van der Waals surface area contributed by atoms with Crippen molar-refractivity contribution in [2.24, 2.45) is 7.05 Å². The lowest BCUT2D eigenvalue weighted by molar-refractivity contribution is -0.848. The second kappa shape index (κ2) is 10.8. The molecule has 5 rings (SSSR count). The van der Waals surface area contributed by atoms with Crippen molar-refractivity contribution in [2.75, 3.05) is 19.6 Å². The maximum Gasteiger partial charge on any atom is 0.515 e. The van der Waals surface area contributed by atoms with Gasteiger partial charge in [0, 0.05) is 37.8 Å². The number of rotatable bonds is 3. The van der Waals surface area contributed by atoms with Gasteiger partial charge in [0.1, 0.15) is 18.2 Å². The number of ether oxygens (including phenoxy) is 1. The molecule has 1 fully saturated rings. The Hall–Kier alpha value is -3.04. The molecule has 1 aliphatic carbocycles. The number of hydrogen-bond acceptors (Lipinski definition) is 6. The third-order valence-electron chi connectivity index (χ3n) is 7.63. The summed E-state index contributed by atoms with van der Waals surface area (Å²) in [7, 11) is 1.87. The molecular weight excluding hydrogens is 514 g/mol. The van der Waals surface area contributed by atoms with Crippen LogP contribution in [0.2, 0.25) is 5.02 Å². The number of fused-ring (bicyclic) bond motifs is 2. The summed E-state index contributed by atoms with van der Waals surface area (Å²) in [5.41, 5.74) is 4.68. The summed E-state index contributed by atoms with van der Waals surface area (Å²) in [5, 5.41) is 12.2. The van der Waals surface area contributed by atoms with E-state index in [2.05, 4.69) is 16.8 Å². The van der Waals surface area contributed by atoms with Crippen LogP contribution >= 0.6 is 11.6 Å². The fourth-order valence-electron chi connectivity index (χ4n) is 5.64. The number of imidazole rings is 1. The molecule has 1 aliphatic heterocycles. The molecule has 2 aromatic heterocycles. The minimum Gasteiger partial charge on any atom is -0.414 e. The van der Waals surface area contributed by atoms with Gasteiger partial charge in [-0.1, -0.05) is 23.7 Å². The SMILES string of the molecule is C[C@H]1CCN(C2c3ccc(Cl)cc3C(C(O)c3cncn3C)=Cc3cccnc32)CC[NH+]1C(=O)OC(C)(C)C. The Labute approximate surface area is 234 Å². The van der Waals surface area contributed by atoms with Gasteiger partial charge in [-0.2, -0.15) is 4.79 Å². The average molecular weight is 551 g/mol. The van der Waals surface area contributed by atoms with E-state index in [-0.39, 0.29) is 18.2 Å². The quantitative estimate of drug-likeness (QED) is 0.511. The Bertz CT molecular complexity index is 1400. The fraction of sp³-hybridized carbons (Fsp3) is 0.433. The molecule has 1 saturated heterocycles. The number of nitrogens with one attached hydrogen (secondary N) is 1. The first-order valence-corrected chi connectivity index (χ1v) is 13.8. The highest BCUT2D eigenvalue weighted by molar-refractivity contribution is 6.30. The number of aliphatic hydroxyl groups excluding tert-OH is 1. The topological polar surface area (TPSA) is 84.9 Å². The molecule has 3 aromatic rings. The van der Waals surface area contributed by atoms with Gasteiger partial charge in [0.2, 0.25) is 0 Å². The number of hydrogen-bond donors (Lipinski definition) is 2. The van der Waals surface area contributed by atoms with Gasteiger partial charge in [-0.05, 0) is 74.2 Å². The van der Waals surface area contributed by atoms with Crippen molar-refractivity contribution in [3.05, 3.63) is 82.2 Å². The van der Waals surface area contributed by atoms with E-state index in [0.717, 1.165) is 45.8 Å². The van der Waals surface area contributed by atoms with E-state index in [9.17, 15) is 9.90 Å². The third-order valence-corrected chi connectivity index (χ3v) is 7.86. The number of aryl methyl sites for hydroxylation is 1. The highest BCUT2D eigenvalue weighted by Gasteiger charge is 2.38. The first kappa shape index (κ1) is 27.5. The standard InChI is InChI=1S/C30H36ClN5O3/c1-19-10-12-35(13-14-36(19)29(38)39-30(2,3)4)27-22-9-8-21(31)16-23(22)24(15-20-7-6-11-33-26(20)27)28(37)25-17-32-18-34(25)5/h6-9,11,15-19,27-28,37H,10,12-14H2,1-5H3/p+1/t19-,27?,28?/m0/s1. The van der Waals surface area contributed by atoms with Gasteiger partial charge in [-0.15, -0.1) is 0 Å². The van der Waals surface area contributed by atoms with Crippen LogP contribution in [0.25, 0.3) is 11.6 Å². The Kier molecular flexibility index (Phi) is 7.66. The van der Waals surface area contributed by atoms with Crippen LogP contribution in [0.1, 0.15) is 74.3 Å². The third kappa shape index (κ3) is 5.65. The fourth-order valence-corrected chi connectivity index (χ4v) is 5.81. The van der Waals surface area contributed by atoms with Crippen LogP contribution in [0.15, 0.2) is 49.1 Å². The second-order valence-corrected chi connectivity index (χ2v) is 12.0. The monoisotopic (exact) mass is 550 g/mol.